The molecule has 9 heteroatoms. The van der Waals surface area contributed by atoms with Crippen LogP contribution in [-0.2, 0) is 14.3 Å². The maximum Gasteiger partial charge on any atom is 0.337 e. The fourth-order valence-electron chi connectivity index (χ4n) is 2.42. The molecule has 0 spiro atoms. The van der Waals surface area contributed by atoms with Crippen LogP contribution in [0.25, 0.3) is 0 Å². The van der Waals surface area contributed by atoms with Crippen LogP contribution in [0.1, 0.15) is 10.4 Å². The number of nitrogens with one attached hydrogen (secondary N) is 1. The molecule has 1 aliphatic heterocycles. The minimum Gasteiger partial charge on any atom is -0.497 e. The van der Waals surface area contributed by atoms with Crippen molar-refractivity contribution in [3.63, 3.8) is 0 Å². The lowest BCUT2D eigenvalue weighted by molar-refractivity contribution is -0.136. The number of ether oxygens (including phenoxy) is 2. The van der Waals surface area contributed by atoms with Crippen molar-refractivity contribution in [3.05, 3.63) is 35.0 Å². The topological polar surface area (TPSA) is 125 Å². The maximum atomic E-state index is 12.4. The molecule has 1 aliphatic rings. The Labute approximate surface area is 143 Å². The molecule has 134 valence electrons. The van der Waals surface area contributed by atoms with E-state index < -0.39 is 17.8 Å². The molecule has 0 unspecified atom stereocenters. The third-order valence-corrected chi connectivity index (χ3v) is 3.67. The molecule has 0 fully saturated rings. The van der Waals surface area contributed by atoms with E-state index in [1.165, 1.54) is 37.3 Å². The number of aliphatic hydroxyl groups excluding tert-OH is 1. The predicted molar refractivity (Wildman–Crippen MR) is 86.3 cm³/mol. The molecule has 0 aliphatic carbocycles. The Hall–Kier alpha value is -3.07. The first-order valence-electron chi connectivity index (χ1n) is 7.32. The molecule has 25 heavy (non-hydrogen) atoms. The van der Waals surface area contributed by atoms with E-state index in [0.717, 1.165) is 0 Å². The number of β-amino-alcohol motifs (C(OH)–C–C–N with tert-alkyl or cyclic N) is 1. The van der Waals surface area contributed by atoms with E-state index in [2.05, 4.69) is 10.1 Å². The number of nitrogens with zero attached hydrogens (tertiary/aromatic N) is 1. The van der Waals surface area contributed by atoms with Gasteiger partial charge in [-0.3, -0.25) is 4.79 Å². The fourth-order valence-corrected chi connectivity index (χ4v) is 2.42. The Morgan fingerprint density at radius 3 is 2.60 bits per heavy atom. The molecule has 9 nitrogen and oxygen atoms in total. The second-order valence-corrected chi connectivity index (χ2v) is 5.14. The van der Waals surface area contributed by atoms with Crippen LogP contribution in [0.2, 0.25) is 0 Å². The van der Waals surface area contributed by atoms with Crippen LogP contribution < -0.4 is 10.1 Å². The van der Waals surface area contributed by atoms with Gasteiger partial charge in [0.15, 0.2) is 0 Å². The van der Waals surface area contributed by atoms with Gasteiger partial charge in [-0.2, -0.15) is 0 Å². The summed E-state index contributed by atoms with van der Waals surface area (Å²) in [6.45, 7) is -0.262. The Morgan fingerprint density at radius 2 is 2.04 bits per heavy atom. The molecule has 1 amide bonds. The predicted octanol–water partition coefficient (Wildman–Crippen LogP) is 0.0669. The third-order valence-electron chi connectivity index (χ3n) is 3.67. The molecule has 2 rings (SSSR count). The van der Waals surface area contributed by atoms with E-state index in [4.69, 9.17) is 9.84 Å². The van der Waals surface area contributed by atoms with Gasteiger partial charge in [-0.1, -0.05) is 0 Å². The van der Waals surface area contributed by atoms with Crippen LogP contribution >= 0.6 is 0 Å². The highest BCUT2D eigenvalue weighted by Crippen LogP contribution is 2.27. The average molecular weight is 350 g/mol. The largest absolute Gasteiger partial charge is 0.497 e. The first-order chi connectivity index (χ1) is 11.9. The van der Waals surface area contributed by atoms with E-state index in [1.807, 2.05) is 0 Å². The molecule has 3 N–H and O–H groups in total. The van der Waals surface area contributed by atoms with Crippen molar-refractivity contribution in [1.82, 2.24) is 4.90 Å². The molecule has 0 bridgehead atoms. The smallest absolute Gasteiger partial charge is 0.337 e. The van der Waals surface area contributed by atoms with Crippen molar-refractivity contribution in [3.8, 4) is 5.75 Å². The number of anilines is 1. The number of carboxylic acid groups (broad SMARTS) is 1. The van der Waals surface area contributed by atoms with Crippen LogP contribution in [0, 0.1) is 0 Å². The summed E-state index contributed by atoms with van der Waals surface area (Å²) >= 11 is 0. The van der Waals surface area contributed by atoms with Crippen molar-refractivity contribution in [2.75, 3.05) is 39.2 Å². The molecule has 0 aromatic heterocycles. The van der Waals surface area contributed by atoms with Crippen molar-refractivity contribution in [1.29, 1.82) is 0 Å². The summed E-state index contributed by atoms with van der Waals surface area (Å²) in [4.78, 5) is 37.1. The van der Waals surface area contributed by atoms with Crippen molar-refractivity contribution in [2.24, 2.45) is 0 Å². The quantitative estimate of drug-likeness (QED) is 0.590. The van der Waals surface area contributed by atoms with Crippen molar-refractivity contribution in [2.45, 2.75) is 0 Å². The van der Waals surface area contributed by atoms with Gasteiger partial charge >= 0.3 is 11.9 Å². The first kappa shape index (κ1) is 18.3. The molecular weight excluding hydrogens is 332 g/mol. The second kappa shape index (κ2) is 7.67. The summed E-state index contributed by atoms with van der Waals surface area (Å²) in [5.74, 6) is -2.12. The van der Waals surface area contributed by atoms with Gasteiger partial charge in [-0.15, -0.1) is 0 Å². The van der Waals surface area contributed by atoms with Crippen LogP contribution in [0.15, 0.2) is 29.5 Å². The van der Waals surface area contributed by atoms with E-state index in [1.54, 1.807) is 0 Å². The van der Waals surface area contributed by atoms with Gasteiger partial charge < -0.3 is 29.9 Å². The summed E-state index contributed by atoms with van der Waals surface area (Å²) in [5.41, 5.74) is -0.00514. The summed E-state index contributed by atoms with van der Waals surface area (Å²) in [6, 6.07) is 4.26. The molecule has 0 radical (unpaired) electrons. The summed E-state index contributed by atoms with van der Waals surface area (Å²) in [5, 5.41) is 21.1. The zero-order valence-corrected chi connectivity index (χ0v) is 13.7. The molecule has 1 heterocycles. The van der Waals surface area contributed by atoms with Gasteiger partial charge in [0.05, 0.1) is 44.2 Å². The van der Waals surface area contributed by atoms with E-state index in [9.17, 15) is 19.5 Å². The van der Waals surface area contributed by atoms with Crippen LogP contribution in [0.5, 0.6) is 5.75 Å². The van der Waals surface area contributed by atoms with Gasteiger partial charge in [0.25, 0.3) is 5.91 Å². The summed E-state index contributed by atoms with van der Waals surface area (Å²) < 4.78 is 9.67. The number of amides is 1. The normalized spacial score (nSPS) is 13.9. The zero-order chi connectivity index (χ0) is 18.6. The number of hydrogen-bond acceptors (Lipinski definition) is 7. The first-order valence-corrected chi connectivity index (χ1v) is 7.32. The number of benzene rings is 1. The van der Waals surface area contributed by atoms with Crippen molar-refractivity contribution < 1.29 is 34.1 Å². The number of carbonyl (C=O) groups excluding carboxylic acids is 2. The molecule has 1 aromatic rings. The van der Waals surface area contributed by atoms with Gasteiger partial charge in [-0.25, -0.2) is 9.59 Å². The number of methoxy groups -OCH3 is 2. The highest BCUT2D eigenvalue weighted by Gasteiger charge is 2.35. The van der Waals surface area contributed by atoms with Crippen LogP contribution in [0.3, 0.4) is 0 Å². The van der Waals surface area contributed by atoms with Crippen LogP contribution in [-0.4, -0.2) is 66.9 Å². The lowest BCUT2D eigenvalue weighted by Gasteiger charge is -2.15. The SMILES string of the molecule is COC(=O)C1=C(Nc2ccc(OC)cc2C(=O)O)C(=O)N(CCO)C1. The van der Waals surface area contributed by atoms with Gasteiger partial charge in [-0.05, 0) is 18.2 Å². The standard InChI is InChI=1S/C16H18N2O7/c1-24-9-3-4-12(10(7-9)15(21)22)17-13-11(16(23)25-2)8-18(5-6-19)14(13)20/h3-4,7,17,19H,5-6,8H2,1-2H3,(H,21,22). The van der Waals surface area contributed by atoms with Crippen LogP contribution in [0.4, 0.5) is 5.69 Å². The van der Waals surface area contributed by atoms with Gasteiger partial charge in [0.2, 0.25) is 0 Å². The average Bonchev–Trinajstić information content (AvgIpc) is 2.91. The monoisotopic (exact) mass is 350 g/mol. The van der Waals surface area contributed by atoms with Gasteiger partial charge in [0.1, 0.15) is 11.4 Å². The summed E-state index contributed by atoms with van der Waals surface area (Å²) in [6.07, 6.45) is 0. The Morgan fingerprint density at radius 1 is 1.32 bits per heavy atom. The third kappa shape index (κ3) is 3.72. The lowest BCUT2D eigenvalue weighted by atomic mass is 10.1. The van der Waals surface area contributed by atoms with E-state index in [-0.39, 0.29) is 42.2 Å². The molecule has 1 aromatic carbocycles. The Bertz CT molecular complexity index is 742. The highest BCUT2D eigenvalue weighted by molar-refractivity contribution is 6.09. The molecule has 0 atom stereocenters. The molecule has 0 saturated carbocycles. The number of esters is 1. The Balaban J connectivity index is 2.43. The number of aromatic carboxylic acids is 1. The summed E-state index contributed by atoms with van der Waals surface area (Å²) in [7, 11) is 2.58. The number of carboxylic acids is 1. The maximum absolute atomic E-state index is 12.4. The highest BCUT2D eigenvalue weighted by atomic mass is 16.5. The number of rotatable bonds is 7. The molecule has 0 saturated heterocycles. The lowest BCUT2D eigenvalue weighted by Crippen LogP contribution is -2.31. The van der Waals surface area contributed by atoms with E-state index >= 15 is 0 Å². The molecular formula is C16H18N2O7. The number of carbonyl (C=O) groups is 3. The fraction of sp³-hybridized carbons (Fsp3) is 0.312. The number of aliphatic hydroxyl groups is 1. The number of hydrogen-bond donors (Lipinski definition) is 3. The van der Waals surface area contributed by atoms with Gasteiger partial charge in [0, 0.05) is 6.54 Å². The van der Waals surface area contributed by atoms with Crippen molar-refractivity contribution >= 4 is 23.5 Å². The minimum atomic E-state index is -1.22. The second-order valence-electron chi connectivity index (χ2n) is 5.14. The van der Waals surface area contributed by atoms with E-state index in [0.29, 0.717) is 5.75 Å². The Kier molecular flexibility index (Phi) is 5.60. The zero-order valence-electron chi connectivity index (χ0n) is 13.7. The minimum absolute atomic E-state index is 0.0348.